The van der Waals surface area contributed by atoms with E-state index in [1.54, 1.807) is 0 Å². The zero-order chi connectivity index (χ0) is 7.65. The van der Waals surface area contributed by atoms with Crippen molar-refractivity contribution in [3.05, 3.63) is 11.6 Å². The highest BCUT2D eigenvalue weighted by atomic mass is 31.2. The molecule has 0 aromatic carbocycles. The van der Waals surface area contributed by atoms with Crippen molar-refractivity contribution < 1.29 is 26.1 Å². The second-order valence-electron chi connectivity index (χ2n) is 1.01. The first-order chi connectivity index (χ1) is 3.85. The van der Waals surface area contributed by atoms with Gasteiger partial charge in [-0.05, 0) is 0 Å². The Labute approximate surface area is 46.8 Å². The summed E-state index contributed by atoms with van der Waals surface area (Å²) in [5.41, 5.74) is -3.11. The molecule has 0 unspecified atom stereocenters. The van der Waals surface area contributed by atoms with Gasteiger partial charge in [0.05, 0.1) is 0 Å². The largest absolute Gasteiger partial charge is 0.467 e. The zero-order valence-electron chi connectivity index (χ0n) is 3.75. The van der Waals surface area contributed by atoms with E-state index in [2.05, 4.69) is 0 Å². The molecule has 0 bridgehead atoms. The number of halogens is 5. The Morgan fingerprint density at radius 1 is 1.11 bits per heavy atom. The summed E-state index contributed by atoms with van der Waals surface area (Å²) >= 11 is 0. The minimum absolute atomic E-state index is 3.11. The molecule has 0 spiro atoms. The van der Waals surface area contributed by atoms with Gasteiger partial charge in [-0.25, -0.2) is 4.57 Å². The van der Waals surface area contributed by atoms with Crippen LogP contribution >= 0.6 is 7.76 Å². The Morgan fingerprint density at radius 3 is 1.44 bits per heavy atom. The van der Waals surface area contributed by atoms with Gasteiger partial charge in [0.25, 0.3) is 5.57 Å². The van der Waals surface area contributed by atoms with Crippen molar-refractivity contribution in [1.29, 1.82) is 0 Å². The second-order valence-corrected chi connectivity index (χ2v) is 2.33. The molecule has 0 saturated heterocycles. The van der Waals surface area contributed by atoms with Gasteiger partial charge in [0.2, 0.25) is 0 Å². The molecule has 9 heavy (non-hydrogen) atoms. The van der Waals surface area contributed by atoms with Crippen LogP contribution in [-0.2, 0) is 4.57 Å². The van der Waals surface area contributed by atoms with Crippen molar-refractivity contribution in [3.8, 4) is 0 Å². The predicted octanol–water partition coefficient (Wildman–Crippen LogP) is 3.15. The Morgan fingerprint density at radius 2 is 1.44 bits per heavy atom. The third-order valence-electron chi connectivity index (χ3n) is 0.384. The lowest BCUT2D eigenvalue weighted by atomic mass is 11.1. The van der Waals surface area contributed by atoms with Gasteiger partial charge in [-0.2, -0.15) is 13.2 Å². The van der Waals surface area contributed by atoms with Crippen molar-refractivity contribution in [2.24, 2.45) is 0 Å². The summed E-state index contributed by atoms with van der Waals surface area (Å²) < 4.78 is 63.8. The minimum atomic E-state index is -6.35. The molecule has 0 rings (SSSR count). The van der Waals surface area contributed by atoms with Crippen molar-refractivity contribution in [1.82, 2.24) is 0 Å². The molecule has 0 saturated carbocycles. The first kappa shape index (κ1) is 8.62. The third-order valence-corrected chi connectivity index (χ3v) is 1.01. The van der Waals surface area contributed by atoms with Crippen molar-refractivity contribution in [2.45, 2.75) is 0 Å². The maximum atomic E-state index is 11.1. The first-order valence-electron chi connectivity index (χ1n) is 1.56. The molecule has 0 fully saturated rings. The van der Waals surface area contributed by atoms with E-state index in [9.17, 15) is 21.6 Å². The van der Waals surface area contributed by atoms with Crippen LogP contribution in [0.1, 0.15) is 0 Å². The normalized spacial score (nSPS) is 11.2. The van der Waals surface area contributed by atoms with E-state index in [1.165, 1.54) is 0 Å². The summed E-state index contributed by atoms with van der Waals surface area (Å²) in [4.78, 5) is 0. The van der Waals surface area contributed by atoms with Gasteiger partial charge in [-0.1, -0.05) is 0 Å². The van der Waals surface area contributed by atoms with Gasteiger partial charge in [0.1, 0.15) is 0 Å². The number of hydrogen-bond donors (Lipinski definition) is 0. The highest BCUT2D eigenvalue weighted by Gasteiger charge is 2.31. The average Bonchev–Trinajstić information content (AvgIpc) is 1.62. The fourth-order valence-corrected chi connectivity index (χ4v) is 0.295. The molecule has 0 aliphatic rings. The summed E-state index contributed by atoms with van der Waals surface area (Å²) in [6, 6.07) is 0. The van der Waals surface area contributed by atoms with Crippen molar-refractivity contribution >= 4 is 7.76 Å². The molecule has 0 aliphatic heterocycles. The summed E-state index contributed by atoms with van der Waals surface area (Å²) in [5, 5.41) is 0. The van der Waals surface area contributed by atoms with E-state index in [1.807, 2.05) is 0 Å². The van der Waals surface area contributed by atoms with E-state index in [4.69, 9.17) is 4.57 Å². The monoisotopic (exact) mass is 166 g/mol. The number of hydrogen-bond acceptors (Lipinski definition) is 1. The van der Waals surface area contributed by atoms with Gasteiger partial charge >= 0.3 is 13.8 Å². The Hall–Kier alpha value is -0.380. The summed E-state index contributed by atoms with van der Waals surface area (Å²) in [6.45, 7) is 0. The van der Waals surface area contributed by atoms with E-state index >= 15 is 0 Å². The Bertz CT molecular complexity index is 175. The third kappa shape index (κ3) is 2.60. The fraction of sp³-hybridized carbons (Fsp3) is 0. The maximum Gasteiger partial charge on any atom is 0.467 e. The molecule has 0 atom stereocenters. The zero-order valence-corrected chi connectivity index (χ0v) is 4.64. The van der Waals surface area contributed by atoms with Gasteiger partial charge in [0, 0.05) is 0 Å². The molecule has 54 valence electrons. The molecule has 0 aromatic rings. The second kappa shape index (κ2) is 2.47. The molecule has 0 amide bonds. The minimum Gasteiger partial charge on any atom is -0.242 e. The number of rotatable bonds is 1. The van der Waals surface area contributed by atoms with E-state index in [0.717, 1.165) is 0 Å². The van der Waals surface area contributed by atoms with E-state index in [-0.39, 0.29) is 0 Å². The standard InChI is InChI=1S/C2F5OP/c3-1(4)2(5)9(6,7)8. The first-order valence-corrected chi connectivity index (χ1v) is 3.05. The Kier molecular flexibility index (Phi) is 2.37. The SMILES string of the molecule is O=P(F)(F)C(F)=C(F)F. The van der Waals surface area contributed by atoms with Gasteiger partial charge in [-0.15, -0.1) is 8.39 Å². The van der Waals surface area contributed by atoms with Crippen LogP contribution in [0.15, 0.2) is 11.6 Å². The van der Waals surface area contributed by atoms with E-state index in [0.29, 0.717) is 0 Å². The Balaban J connectivity index is 4.62. The van der Waals surface area contributed by atoms with Crippen LogP contribution in [0, 0.1) is 0 Å². The fourth-order valence-electron chi connectivity index (χ4n) is 0.0984. The van der Waals surface area contributed by atoms with Crippen LogP contribution in [-0.4, -0.2) is 0 Å². The average molecular weight is 166 g/mol. The highest BCUT2D eigenvalue weighted by molar-refractivity contribution is 7.57. The van der Waals surface area contributed by atoms with Crippen LogP contribution in [0.25, 0.3) is 0 Å². The molecule has 7 heteroatoms. The van der Waals surface area contributed by atoms with Crippen LogP contribution in [0.3, 0.4) is 0 Å². The molecule has 0 radical (unpaired) electrons. The van der Waals surface area contributed by atoms with Crippen LogP contribution in [0.2, 0.25) is 0 Å². The predicted molar refractivity (Wildman–Crippen MR) is 20.2 cm³/mol. The highest BCUT2D eigenvalue weighted by Crippen LogP contribution is 2.59. The molecule has 0 aromatic heterocycles. The molecule has 0 aliphatic carbocycles. The van der Waals surface area contributed by atoms with Gasteiger partial charge in [-0.3, -0.25) is 0 Å². The lowest BCUT2D eigenvalue weighted by molar-refractivity contribution is 0.381. The van der Waals surface area contributed by atoms with E-state index < -0.39 is 19.4 Å². The molecular formula is C2F5OP. The van der Waals surface area contributed by atoms with Crippen molar-refractivity contribution in [3.63, 3.8) is 0 Å². The lowest BCUT2D eigenvalue weighted by Gasteiger charge is -1.89. The summed E-state index contributed by atoms with van der Waals surface area (Å²) in [7, 11) is -6.35. The molecule has 1 nitrogen and oxygen atoms in total. The molecule has 0 N–H and O–H groups in total. The maximum absolute atomic E-state index is 11.1. The molecule has 0 heterocycles. The molecular weight excluding hydrogens is 166 g/mol. The smallest absolute Gasteiger partial charge is 0.242 e. The van der Waals surface area contributed by atoms with Gasteiger partial charge in [0.15, 0.2) is 0 Å². The van der Waals surface area contributed by atoms with Crippen LogP contribution in [0.5, 0.6) is 0 Å². The quantitative estimate of drug-likeness (QED) is 0.431. The van der Waals surface area contributed by atoms with Crippen LogP contribution in [0.4, 0.5) is 21.6 Å². The summed E-state index contributed by atoms with van der Waals surface area (Å²) in [6.07, 6.45) is -3.23. The van der Waals surface area contributed by atoms with Crippen molar-refractivity contribution in [2.75, 3.05) is 0 Å². The lowest BCUT2D eigenvalue weighted by Crippen LogP contribution is -1.68. The topological polar surface area (TPSA) is 17.1 Å². The van der Waals surface area contributed by atoms with Crippen LogP contribution < -0.4 is 0 Å². The van der Waals surface area contributed by atoms with Gasteiger partial charge < -0.3 is 0 Å². The summed E-state index contributed by atoms with van der Waals surface area (Å²) in [5.74, 6) is 0.